The molecule has 0 amide bonds. The Morgan fingerprint density at radius 2 is 2.09 bits per heavy atom. The fraction of sp³-hybridized carbons (Fsp3) is 1.00. The second-order valence-electron chi connectivity index (χ2n) is 3.18. The second kappa shape index (κ2) is 2.71. The number of aliphatic hydroxyl groups is 3. The largest absolute Gasteiger partial charge is 0.394 e. The van der Waals surface area contributed by atoms with Crippen LogP contribution in [0.1, 0.15) is 13.8 Å². The van der Waals surface area contributed by atoms with E-state index in [1.807, 2.05) is 0 Å². The third-order valence-electron chi connectivity index (χ3n) is 2.24. The predicted molar refractivity (Wildman–Crippen MR) is 38.1 cm³/mol. The summed E-state index contributed by atoms with van der Waals surface area (Å²) in [5, 5.41) is 27.6. The summed E-state index contributed by atoms with van der Waals surface area (Å²) in [6.45, 7) is 2.85. The molecular weight excluding hydrogens is 148 g/mol. The maximum Gasteiger partial charge on any atom is 0.118 e. The highest BCUT2D eigenvalue weighted by Crippen LogP contribution is 2.30. The molecule has 11 heavy (non-hydrogen) atoms. The van der Waals surface area contributed by atoms with Gasteiger partial charge in [0.05, 0.1) is 12.7 Å². The molecule has 3 N–H and O–H groups in total. The molecule has 4 nitrogen and oxygen atoms in total. The SMILES string of the molecule is C[C@@H]1O[C@H](CO)[C@@](C)(O)C1O. The number of ether oxygens (including phenoxy) is 1. The average Bonchev–Trinajstić information content (AvgIpc) is 2.13. The van der Waals surface area contributed by atoms with Crippen LogP contribution in [0.4, 0.5) is 0 Å². The van der Waals surface area contributed by atoms with Crippen molar-refractivity contribution in [1.29, 1.82) is 0 Å². The molecule has 4 atom stereocenters. The van der Waals surface area contributed by atoms with Gasteiger partial charge in [-0.15, -0.1) is 0 Å². The first-order valence-electron chi connectivity index (χ1n) is 3.67. The highest BCUT2D eigenvalue weighted by Gasteiger charge is 2.49. The van der Waals surface area contributed by atoms with Crippen LogP contribution in [-0.4, -0.2) is 45.8 Å². The zero-order chi connectivity index (χ0) is 8.65. The zero-order valence-corrected chi connectivity index (χ0v) is 6.69. The normalized spacial score (nSPS) is 51.5. The topological polar surface area (TPSA) is 69.9 Å². The van der Waals surface area contributed by atoms with Gasteiger partial charge in [-0.1, -0.05) is 0 Å². The second-order valence-corrected chi connectivity index (χ2v) is 3.18. The van der Waals surface area contributed by atoms with E-state index in [4.69, 9.17) is 9.84 Å². The fourth-order valence-corrected chi connectivity index (χ4v) is 1.36. The summed E-state index contributed by atoms with van der Waals surface area (Å²) >= 11 is 0. The van der Waals surface area contributed by atoms with Gasteiger partial charge in [-0.25, -0.2) is 0 Å². The minimum absolute atomic E-state index is 0.269. The number of hydrogen-bond donors (Lipinski definition) is 3. The van der Waals surface area contributed by atoms with Gasteiger partial charge in [-0.2, -0.15) is 0 Å². The summed E-state index contributed by atoms with van der Waals surface area (Å²) in [5.41, 5.74) is -1.33. The smallest absolute Gasteiger partial charge is 0.118 e. The Morgan fingerprint density at radius 3 is 2.27 bits per heavy atom. The van der Waals surface area contributed by atoms with Crippen molar-refractivity contribution in [2.75, 3.05) is 6.61 Å². The van der Waals surface area contributed by atoms with Crippen LogP contribution in [0.2, 0.25) is 0 Å². The molecule has 1 aliphatic heterocycles. The van der Waals surface area contributed by atoms with Crippen molar-refractivity contribution >= 4 is 0 Å². The monoisotopic (exact) mass is 162 g/mol. The van der Waals surface area contributed by atoms with Crippen LogP contribution in [0.3, 0.4) is 0 Å². The van der Waals surface area contributed by atoms with Crippen molar-refractivity contribution in [3.05, 3.63) is 0 Å². The standard InChI is InChI=1S/C7H14O4/c1-4-6(9)7(2,10)5(3-8)11-4/h4-6,8-10H,3H2,1-2H3/t4-,5+,6?,7+/m0/s1. The molecular formula is C7H14O4. The molecule has 0 aliphatic carbocycles. The molecule has 1 unspecified atom stereocenters. The van der Waals surface area contributed by atoms with Gasteiger partial charge in [-0.3, -0.25) is 0 Å². The zero-order valence-electron chi connectivity index (χ0n) is 6.69. The molecule has 66 valence electrons. The lowest BCUT2D eigenvalue weighted by Gasteiger charge is -2.24. The van der Waals surface area contributed by atoms with E-state index in [2.05, 4.69) is 0 Å². The first-order chi connectivity index (χ1) is 5.00. The summed E-state index contributed by atoms with van der Waals surface area (Å²) < 4.78 is 5.09. The summed E-state index contributed by atoms with van der Waals surface area (Å²) in [7, 11) is 0. The highest BCUT2D eigenvalue weighted by atomic mass is 16.6. The molecule has 1 rings (SSSR count). The van der Waals surface area contributed by atoms with Crippen molar-refractivity contribution in [2.24, 2.45) is 0 Å². The van der Waals surface area contributed by atoms with E-state index < -0.39 is 23.9 Å². The third-order valence-corrected chi connectivity index (χ3v) is 2.24. The van der Waals surface area contributed by atoms with Crippen molar-refractivity contribution in [2.45, 2.75) is 37.8 Å². The first-order valence-corrected chi connectivity index (χ1v) is 3.67. The Labute approximate surface area is 65.4 Å². The van der Waals surface area contributed by atoms with Crippen LogP contribution < -0.4 is 0 Å². The summed E-state index contributed by atoms with van der Waals surface area (Å²) in [6, 6.07) is 0. The molecule has 0 spiro atoms. The van der Waals surface area contributed by atoms with Crippen molar-refractivity contribution < 1.29 is 20.1 Å². The summed E-state index contributed by atoms with van der Waals surface area (Å²) in [4.78, 5) is 0. The molecule has 1 heterocycles. The van der Waals surface area contributed by atoms with Crippen LogP contribution >= 0.6 is 0 Å². The highest BCUT2D eigenvalue weighted by molar-refractivity contribution is 4.98. The van der Waals surface area contributed by atoms with Crippen LogP contribution in [0, 0.1) is 0 Å². The lowest BCUT2D eigenvalue weighted by Crippen LogP contribution is -2.46. The van der Waals surface area contributed by atoms with Gasteiger partial charge in [0, 0.05) is 0 Å². The first kappa shape index (κ1) is 8.93. The van der Waals surface area contributed by atoms with E-state index in [-0.39, 0.29) is 6.61 Å². The minimum Gasteiger partial charge on any atom is -0.394 e. The minimum atomic E-state index is -1.33. The quantitative estimate of drug-likeness (QED) is 0.456. The Bertz CT molecular complexity index is 145. The Kier molecular flexibility index (Phi) is 2.20. The number of hydrogen-bond acceptors (Lipinski definition) is 4. The molecule has 0 radical (unpaired) electrons. The average molecular weight is 162 g/mol. The molecule has 0 bridgehead atoms. The number of aliphatic hydroxyl groups excluding tert-OH is 2. The van der Waals surface area contributed by atoms with Crippen molar-refractivity contribution in [3.8, 4) is 0 Å². The van der Waals surface area contributed by atoms with Crippen LogP contribution in [-0.2, 0) is 4.74 Å². The van der Waals surface area contributed by atoms with Gasteiger partial charge in [0.25, 0.3) is 0 Å². The molecule has 0 aromatic rings. The van der Waals surface area contributed by atoms with Gasteiger partial charge in [-0.05, 0) is 13.8 Å². The summed E-state index contributed by atoms with van der Waals surface area (Å²) in [5.74, 6) is 0. The van der Waals surface area contributed by atoms with Crippen LogP contribution in [0.5, 0.6) is 0 Å². The van der Waals surface area contributed by atoms with Crippen LogP contribution in [0.25, 0.3) is 0 Å². The van der Waals surface area contributed by atoms with E-state index in [0.717, 1.165) is 0 Å². The van der Waals surface area contributed by atoms with Crippen LogP contribution in [0.15, 0.2) is 0 Å². The van der Waals surface area contributed by atoms with E-state index in [9.17, 15) is 10.2 Å². The third kappa shape index (κ3) is 1.27. The van der Waals surface area contributed by atoms with Gasteiger partial charge in [0.1, 0.15) is 17.8 Å². The maximum atomic E-state index is 9.56. The lowest BCUT2D eigenvalue weighted by molar-refractivity contribution is -0.0792. The van der Waals surface area contributed by atoms with Crippen molar-refractivity contribution in [3.63, 3.8) is 0 Å². The predicted octanol–water partition coefficient (Wildman–Crippen LogP) is -1.12. The van der Waals surface area contributed by atoms with Crippen molar-refractivity contribution in [1.82, 2.24) is 0 Å². The molecule has 1 fully saturated rings. The summed E-state index contributed by atoms with van der Waals surface area (Å²) in [6.07, 6.45) is -2.01. The molecule has 0 aromatic carbocycles. The Morgan fingerprint density at radius 1 is 1.55 bits per heavy atom. The molecule has 1 saturated heterocycles. The Balaban J connectivity index is 2.74. The van der Waals surface area contributed by atoms with E-state index >= 15 is 0 Å². The Hall–Kier alpha value is -0.160. The number of rotatable bonds is 1. The maximum absolute atomic E-state index is 9.56. The fourth-order valence-electron chi connectivity index (χ4n) is 1.36. The van der Waals surface area contributed by atoms with Gasteiger partial charge in [0.2, 0.25) is 0 Å². The lowest BCUT2D eigenvalue weighted by atomic mass is 9.94. The molecule has 0 aromatic heterocycles. The van der Waals surface area contributed by atoms with Gasteiger partial charge >= 0.3 is 0 Å². The van der Waals surface area contributed by atoms with E-state index in [1.165, 1.54) is 6.92 Å². The molecule has 1 aliphatic rings. The van der Waals surface area contributed by atoms with Gasteiger partial charge in [0.15, 0.2) is 0 Å². The molecule has 4 heteroatoms. The molecule has 0 saturated carbocycles. The van der Waals surface area contributed by atoms with E-state index in [0.29, 0.717) is 0 Å². The van der Waals surface area contributed by atoms with E-state index in [1.54, 1.807) is 6.92 Å². The van der Waals surface area contributed by atoms with Gasteiger partial charge < -0.3 is 20.1 Å².